The zero-order valence-electron chi connectivity index (χ0n) is 24.8. The number of nitrogens with zero attached hydrogens (tertiary/aromatic N) is 1. The molecule has 3 N–H and O–H groups in total. The largest absolute Gasteiger partial charge is 0.507 e. The van der Waals surface area contributed by atoms with Crippen molar-refractivity contribution in [3.8, 4) is 11.5 Å². The van der Waals surface area contributed by atoms with E-state index >= 15 is 0 Å². The van der Waals surface area contributed by atoms with E-state index < -0.39 is 36.9 Å². The molecule has 0 aliphatic carbocycles. The van der Waals surface area contributed by atoms with Gasteiger partial charge in [0.15, 0.2) is 0 Å². The molecule has 0 radical (unpaired) electrons. The molecule has 2 aliphatic heterocycles. The summed E-state index contributed by atoms with van der Waals surface area (Å²) in [5.74, 6) is -4.82. The van der Waals surface area contributed by atoms with Crippen LogP contribution in [0.1, 0.15) is 52.3 Å². The molecule has 0 bridgehead atoms. The van der Waals surface area contributed by atoms with Crippen LogP contribution in [0.2, 0.25) is 0 Å². The van der Waals surface area contributed by atoms with E-state index in [1.54, 1.807) is 19.9 Å². The van der Waals surface area contributed by atoms with Crippen LogP contribution in [0.5, 0.6) is 11.5 Å². The lowest BCUT2D eigenvalue weighted by atomic mass is 9.94. The van der Waals surface area contributed by atoms with Crippen LogP contribution in [0.3, 0.4) is 0 Å². The van der Waals surface area contributed by atoms with E-state index in [2.05, 4.69) is 0 Å². The van der Waals surface area contributed by atoms with Crippen LogP contribution in [-0.2, 0) is 41.6 Å². The highest BCUT2D eigenvalue weighted by Crippen LogP contribution is 2.42. The molecule has 2 aliphatic rings. The maximum Gasteiger partial charge on any atom is 0.414 e. The maximum absolute atomic E-state index is 12.3. The summed E-state index contributed by atoms with van der Waals surface area (Å²) < 4.78 is 52.9. The number of rotatable bonds is 9. The average Bonchev–Trinajstić information content (AvgIpc) is 3.31. The number of ether oxygens (including phenoxy) is 4. The number of hydrogen-bond donors (Lipinski definition) is 3. The van der Waals surface area contributed by atoms with Gasteiger partial charge in [0, 0.05) is 39.9 Å². The van der Waals surface area contributed by atoms with Crippen LogP contribution in [-0.4, -0.2) is 90.6 Å². The predicted octanol–water partition coefficient (Wildman–Crippen LogP) is 1.68. The maximum atomic E-state index is 12.3. The Hall–Kier alpha value is -3.64. The molecule has 0 saturated carbocycles. The van der Waals surface area contributed by atoms with Crippen molar-refractivity contribution in [2.45, 2.75) is 39.7 Å². The number of cyclic esters (lactones) is 1. The summed E-state index contributed by atoms with van der Waals surface area (Å²) in [5, 5.41) is 25.5. The molecule has 0 atom stereocenters. The molecule has 204 valence electrons. The van der Waals surface area contributed by atoms with E-state index in [0.717, 1.165) is 5.57 Å². The molecule has 37 heavy (non-hydrogen) atoms. The highest BCUT2D eigenvalue weighted by Gasteiger charge is 2.31. The van der Waals surface area contributed by atoms with Gasteiger partial charge in [-0.2, -0.15) is 0 Å². The van der Waals surface area contributed by atoms with E-state index in [1.165, 1.54) is 12.0 Å². The Morgan fingerprint density at radius 1 is 1.16 bits per heavy atom. The van der Waals surface area contributed by atoms with Gasteiger partial charge >= 0.3 is 23.9 Å². The van der Waals surface area contributed by atoms with Crippen molar-refractivity contribution in [2.24, 2.45) is 0 Å². The number of aromatic hydroxyl groups is 1. The standard InChI is InChI=1S/C23H31NO7.C2H2O4/c1-15(5-7-19(25)30-13-10-24-8-11-29-12-9-24)4-6-17-21(26)20-18(14-31-23(20)27)16(2)22(17)28-3;3-1(4)2(5)6/h4,26H,5-14H2,1-3H3;(H,3,4)(H,5,6)/b15-4+;/i10D2,13D2;. The molecule has 3 rings (SSSR count). The quantitative estimate of drug-likeness (QED) is 0.242. The van der Waals surface area contributed by atoms with Gasteiger partial charge in [0.25, 0.3) is 0 Å². The SMILES string of the molecule is O=C(O)C(=O)O.[2H]C([2H])(OC(=O)CC/C(C)=C/Cc1c(O)c2c(c(C)c1OC)COC2=O)C([2H])([2H])N1CCOCC1. The second-order valence-electron chi connectivity index (χ2n) is 8.07. The Kier molecular flexibility index (Phi) is 9.10. The number of phenols is 1. The fraction of sp³-hybridized carbons (Fsp3) is 0.520. The Morgan fingerprint density at radius 2 is 1.81 bits per heavy atom. The van der Waals surface area contributed by atoms with E-state index in [9.17, 15) is 14.7 Å². The molecule has 0 aromatic heterocycles. The van der Waals surface area contributed by atoms with Crippen molar-refractivity contribution in [1.82, 2.24) is 4.90 Å². The third kappa shape index (κ3) is 8.46. The van der Waals surface area contributed by atoms with Crippen LogP contribution in [0, 0.1) is 6.92 Å². The number of phenolic OH excluding ortho intramolecular Hbond substituents is 1. The van der Waals surface area contributed by atoms with Gasteiger partial charge in [-0.25, -0.2) is 14.4 Å². The number of benzene rings is 1. The van der Waals surface area contributed by atoms with Gasteiger partial charge in [0.05, 0.1) is 23.1 Å². The van der Waals surface area contributed by atoms with Crippen molar-refractivity contribution in [3.05, 3.63) is 33.9 Å². The molecule has 2 heterocycles. The predicted molar refractivity (Wildman–Crippen MR) is 129 cm³/mol. The van der Waals surface area contributed by atoms with E-state index in [1.807, 2.05) is 0 Å². The van der Waals surface area contributed by atoms with Crippen LogP contribution >= 0.6 is 0 Å². The second-order valence-corrected chi connectivity index (χ2v) is 8.07. The number of fused-ring (bicyclic) bond motifs is 1. The van der Waals surface area contributed by atoms with Crippen molar-refractivity contribution >= 4 is 23.9 Å². The molecular formula is C25H33NO11. The van der Waals surface area contributed by atoms with Crippen molar-refractivity contribution in [2.75, 3.05) is 46.5 Å². The number of carbonyl (C=O) groups excluding carboxylic acids is 2. The summed E-state index contributed by atoms with van der Waals surface area (Å²) in [6.45, 7) is -0.752. The molecule has 1 fully saturated rings. The summed E-state index contributed by atoms with van der Waals surface area (Å²) in [7, 11) is 1.48. The number of hydrogen-bond acceptors (Lipinski definition) is 10. The van der Waals surface area contributed by atoms with Crippen LogP contribution < -0.4 is 4.74 Å². The van der Waals surface area contributed by atoms with Crippen LogP contribution in [0.15, 0.2) is 11.6 Å². The number of allylic oxidation sites excluding steroid dienone is 2. The van der Waals surface area contributed by atoms with Gasteiger partial charge in [-0.1, -0.05) is 11.6 Å². The molecular weight excluding hydrogens is 490 g/mol. The van der Waals surface area contributed by atoms with Crippen LogP contribution in [0.4, 0.5) is 0 Å². The molecule has 1 saturated heterocycles. The lowest BCUT2D eigenvalue weighted by molar-refractivity contribution is -0.159. The lowest BCUT2D eigenvalue weighted by Gasteiger charge is -2.26. The molecule has 0 unspecified atom stereocenters. The first-order valence-electron chi connectivity index (χ1n) is 13.3. The van der Waals surface area contributed by atoms with E-state index in [4.69, 9.17) is 44.2 Å². The molecule has 1 aromatic rings. The number of aliphatic carboxylic acids is 2. The van der Waals surface area contributed by atoms with Gasteiger partial charge in [-0.05, 0) is 32.3 Å². The summed E-state index contributed by atoms with van der Waals surface area (Å²) in [4.78, 5) is 43.8. The van der Waals surface area contributed by atoms with E-state index in [-0.39, 0.29) is 63.5 Å². The summed E-state index contributed by atoms with van der Waals surface area (Å²) in [6.07, 6.45) is 2.10. The lowest BCUT2D eigenvalue weighted by Crippen LogP contribution is -2.38. The highest BCUT2D eigenvalue weighted by atomic mass is 16.5. The summed E-state index contributed by atoms with van der Waals surface area (Å²) in [6, 6.07) is 0. The molecule has 0 amide bonds. The number of carboxylic acid groups (broad SMARTS) is 2. The number of methoxy groups -OCH3 is 1. The zero-order valence-corrected chi connectivity index (χ0v) is 20.8. The Balaban J connectivity index is 0.000000883. The first-order valence-corrected chi connectivity index (χ1v) is 11.3. The molecule has 0 spiro atoms. The number of carboxylic acids is 2. The number of esters is 2. The third-order valence-electron chi connectivity index (χ3n) is 5.59. The van der Waals surface area contributed by atoms with Gasteiger partial charge < -0.3 is 34.3 Å². The Labute approximate surface area is 220 Å². The smallest absolute Gasteiger partial charge is 0.414 e. The first kappa shape index (κ1) is 23.7. The number of carbonyl (C=O) groups is 4. The highest BCUT2D eigenvalue weighted by molar-refractivity contribution is 6.27. The minimum absolute atomic E-state index is 0.0815. The Bertz CT molecular complexity index is 1200. The van der Waals surface area contributed by atoms with Crippen LogP contribution in [0.25, 0.3) is 0 Å². The van der Waals surface area contributed by atoms with Gasteiger partial charge in [0.2, 0.25) is 0 Å². The fourth-order valence-corrected chi connectivity index (χ4v) is 3.58. The molecule has 12 heteroatoms. The number of morpholine rings is 1. The van der Waals surface area contributed by atoms with Gasteiger partial charge in [0.1, 0.15) is 30.2 Å². The van der Waals surface area contributed by atoms with Crippen molar-refractivity contribution < 1.29 is 58.9 Å². The summed E-state index contributed by atoms with van der Waals surface area (Å²) >= 11 is 0. The van der Waals surface area contributed by atoms with E-state index in [0.29, 0.717) is 22.4 Å². The zero-order chi connectivity index (χ0) is 31.1. The topological polar surface area (TPSA) is 169 Å². The minimum atomic E-state index is -2.84. The molecule has 1 aromatic carbocycles. The first-order chi connectivity index (χ1) is 19.0. The average molecular weight is 528 g/mol. The Morgan fingerprint density at radius 3 is 2.41 bits per heavy atom. The van der Waals surface area contributed by atoms with Crippen molar-refractivity contribution in [3.63, 3.8) is 0 Å². The minimum Gasteiger partial charge on any atom is -0.507 e. The fourth-order valence-electron chi connectivity index (χ4n) is 3.58. The normalized spacial score (nSPS) is 17.6. The second kappa shape index (κ2) is 14.2. The van der Waals surface area contributed by atoms with Crippen molar-refractivity contribution in [1.29, 1.82) is 0 Å². The molecule has 12 nitrogen and oxygen atoms in total. The third-order valence-corrected chi connectivity index (χ3v) is 5.59. The summed E-state index contributed by atoms with van der Waals surface area (Å²) in [5.41, 5.74) is 2.65. The monoisotopic (exact) mass is 527 g/mol. The van der Waals surface area contributed by atoms with Gasteiger partial charge in [-0.15, -0.1) is 0 Å². The van der Waals surface area contributed by atoms with Gasteiger partial charge in [-0.3, -0.25) is 9.69 Å².